The number of aromatic nitrogens is 2. The van der Waals surface area contributed by atoms with Crippen molar-refractivity contribution in [1.82, 2.24) is 19.8 Å². The van der Waals surface area contributed by atoms with Crippen molar-refractivity contribution in [2.75, 3.05) is 70.8 Å². The monoisotopic (exact) mass is 320 g/mol. The second-order valence-electron chi connectivity index (χ2n) is 6.79. The van der Waals surface area contributed by atoms with Crippen LogP contribution in [0.1, 0.15) is 5.56 Å². The summed E-state index contributed by atoms with van der Waals surface area (Å²) < 4.78 is 5.74. The van der Waals surface area contributed by atoms with Crippen molar-refractivity contribution in [2.45, 2.75) is 19.0 Å². The third-order valence-electron chi connectivity index (χ3n) is 4.74. The lowest BCUT2D eigenvalue weighted by Gasteiger charge is -2.38. The smallest absolute Gasteiger partial charge is 0.224 e. The molecule has 2 aliphatic rings. The third kappa shape index (κ3) is 3.73. The molecule has 0 aromatic carbocycles. The zero-order chi connectivity index (χ0) is 16.4. The first kappa shape index (κ1) is 16.4. The van der Waals surface area contributed by atoms with E-state index in [0.717, 1.165) is 44.2 Å². The van der Waals surface area contributed by atoms with Gasteiger partial charge in [-0.05, 0) is 14.0 Å². The summed E-state index contributed by atoms with van der Waals surface area (Å²) in [7, 11) is 6.19. The molecule has 7 heteroatoms. The number of nitrogens with zero attached hydrogens (tertiary/aromatic N) is 5. The zero-order valence-corrected chi connectivity index (χ0v) is 14.6. The molecule has 2 saturated heterocycles. The molecule has 1 aromatic heterocycles. The zero-order valence-electron chi connectivity index (χ0n) is 14.6. The number of ether oxygens (including phenoxy) is 1. The summed E-state index contributed by atoms with van der Waals surface area (Å²) in [6, 6.07) is 0.646. The molecule has 0 spiro atoms. The van der Waals surface area contributed by atoms with Gasteiger partial charge in [-0.3, -0.25) is 4.90 Å². The van der Waals surface area contributed by atoms with Gasteiger partial charge in [0.1, 0.15) is 5.82 Å². The van der Waals surface area contributed by atoms with E-state index in [4.69, 9.17) is 4.74 Å². The number of nitrogens with one attached hydrogen (secondary N) is 1. The molecule has 2 aliphatic heterocycles. The van der Waals surface area contributed by atoms with Crippen molar-refractivity contribution < 1.29 is 4.74 Å². The van der Waals surface area contributed by atoms with Crippen LogP contribution < -0.4 is 10.2 Å². The van der Waals surface area contributed by atoms with Crippen LogP contribution in [0, 0.1) is 6.92 Å². The molecule has 3 rings (SSSR count). The molecule has 7 nitrogen and oxygen atoms in total. The highest BCUT2D eigenvalue weighted by atomic mass is 16.5. The van der Waals surface area contributed by atoms with E-state index in [2.05, 4.69) is 32.1 Å². The summed E-state index contributed by atoms with van der Waals surface area (Å²) in [5.74, 6) is 1.64. The summed E-state index contributed by atoms with van der Waals surface area (Å²) in [4.78, 5) is 16.0. The molecule has 3 heterocycles. The van der Waals surface area contributed by atoms with Gasteiger partial charge in [-0.2, -0.15) is 4.98 Å². The Balaban J connectivity index is 1.68. The standard InChI is InChI=1S/C16H28N6O/c1-12-9-17-16(19-15(12)20(2)3)18-13-10-23-11-14(13)22-7-5-21(4)6-8-22/h9,13-14H,5-8,10-11H2,1-4H3,(H,17,18,19)/t13-,14-/m0/s1. The van der Waals surface area contributed by atoms with Crippen LogP contribution in [0.4, 0.5) is 11.8 Å². The van der Waals surface area contributed by atoms with Gasteiger partial charge in [0.05, 0.1) is 25.3 Å². The van der Waals surface area contributed by atoms with Crippen LogP contribution in [0.2, 0.25) is 0 Å². The predicted octanol–water partition coefficient (Wildman–Crippen LogP) is 0.278. The Morgan fingerprint density at radius 1 is 1.22 bits per heavy atom. The first-order valence-electron chi connectivity index (χ1n) is 8.32. The molecule has 0 bridgehead atoms. The maximum absolute atomic E-state index is 5.74. The lowest BCUT2D eigenvalue weighted by molar-refractivity contribution is 0.0948. The van der Waals surface area contributed by atoms with Gasteiger partial charge in [-0.25, -0.2) is 4.98 Å². The number of piperazine rings is 1. The van der Waals surface area contributed by atoms with Crippen molar-refractivity contribution in [3.05, 3.63) is 11.8 Å². The average Bonchev–Trinajstić information content (AvgIpc) is 2.98. The SMILES string of the molecule is Cc1cnc(N[C@H]2COC[C@@H]2N2CCN(C)CC2)nc1N(C)C. The van der Waals surface area contributed by atoms with E-state index in [9.17, 15) is 0 Å². The maximum Gasteiger partial charge on any atom is 0.224 e. The summed E-state index contributed by atoms with van der Waals surface area (Å²) in [6.45, 7) is 7.97. The quantitative estimate of drug-likeness (QED) is 0.855. The van der Waals surface area contributed by atoms with Gasteiger partial charge < -0.3 is 19.9 Å². The van der Waals surface area contributed by atoms with Gasteiger partial charge in [0.15, 0.2) is 0 Å². The maximum atomic E-state index is 5.74. The van der Waals surface area contributed by atoms with Gasteiger partial charge in [0.2, 0.25) is 5.95 Å². The van der Waals surface area contributed by atoms with Crippen molar-refractivity contribution in [3.8, 4) is 0 Å². The van der Waals surface area contributed by atoms with Crippen molar-refractivity contribution >= 4 is 11.8 Å². The molecule has 2 atom stereocenters. The molecule has 0 unspecified atom stereocenters. The molecule has 0 saturated carbocycles. The van der Waals surface area contributed by atoms with Crippen LogP contribution in [-0.4, -0.2) is 92.4 Å². The van der Waals surface area contributed by atoms with Crippen molar-refractivity contribution in [1.29, 1.82) is 0 Å². The number of rotatable bonds is 4. The van der Waals surface area contributed by atoms with Crippen molar-refractivity contribution in [2.24, 2.45) is 0 Å². The molecule has 128 valence electrons. The van der Waals surface area contributed by atoms with Crippen LogP contribution in [0.5, 0.6) is 0 Å². The van der Waals surface area contributed by atoms with E-state index in [1.807, 2.05) is 32.1 Å². The fraction of sp³-hybridized carbons (Fsp3) is 0.750. The van der Waals surface area contributed by atoms with Crippen LogP contribution in [0.25, 0.3) is 0 Å². The number of likely N-dealkylation sites (N-methyl/N-ethyl adjacent to an activating group) is 1. The van der Waals surface area contributed by atoms with Gasteiger partial charge in [0.25, 0.3) is 0 Å². The molecule has 23 heavy (non-hydrogen) atoms. The summed E-state index contributed by atoms with van der Waals surface area (Å²) >= 11 is 0. The molecule has 2 fully saturated rings. The summed E-state index contributed by atoms with van der Waals surface area (Å²) in [5.41, 5.74) is 1.08. The van der Waals surface area contributed by atoms with Gasteiger partial charge in [-0.1, -0.05) is 0 Å². The third-order valence-corrected chi connectivity index (χ3v) is 4.74. The Morgan fingerprint density at radius 2 is 1.96 bits per heavy atom. The minimum Gasteiger partial charge on any atom is -0.378 e. The molecule has 1 N–H and O–H groups in total. The van der Waals surface area contributed by atoms with Crippen LogP contribution in [0.15, 0.2) is 6.20 Å². The largest absolute Gasteiger partial charge is 0.378 e. The Bertz CT molecular complexity index is 529. The highest BCUT2D eigenvalue weighted by Crippen LogP contribution is 2.20. The fourth-order valence-corrected chi connectivity index (χ4v) is 3.32. The number of aryl methyl sites for hydroxylation is 1. The molecule has 1 aromatic rings. The van der Waals surface area contributed by atoms with Crippen molar-refractivity contribution in [3.63, 3.8) is 0 Å². The van der Waals surface area contributed by atoms with E-state index in [-0.39, 0.29) is 6.04 Å². The van der Waals surface area contributed by atoms with Crippen LogP contribution in [0.3, 0.4) is 0 Å². The second kappa shape index (κ2) is 6.98. The first-order valence-corrected chi connectivity index (χ1v) is 8.32. The van der Waals surface area contributed by atoms with Crippen LogP contribution >= 0.6 is 0 Å². The molecular formula is C16H28N6O. The minimum atomic E-state index is 0.246. The normalized spacial score (nSPS) is 26.4. The topological polar surface area (TPSA) is 56.8 Å². The van der Waals surface area contributed by atoms with E-state index in [1.54, 1.807) is 0 Å². The van der Waals surface area contributed by atoms with Crippen LogP contribution in [-0.2, 0) is 4.74 Å². The lowest BCUT2D eigenvalue weighted by atomic mass is 10.1. The van der Waals surface area contributed by atoms with Gasteiger partial charge >= 0.3 is 0 Å². The van der Waals surface area contributed by atoms with E-state index >= 15 is 0 Å². The Labute approximate surface area is 138 Å². The van der Waals surface area contributed by atoms with E-state index < -0.39 is 0 Å². The summed E-state index contributed by atoms with van der Waals surface area (Å²) in [5, 5.41) is 3.49. The highest BCUT2D eigenvalue weighted by Gasteiger charge is 2.34. The molecular weight excluding hydrogens is 292 g/mol. The Hall–Kier alpha value is -1.44. The average molecular weight is 320 g/mol. The fourth-order valence-electron chi connectivity index (χ4n) is 3.32. The van der Waals surface area contributed by atoms with Gasteiger partial charge in [-0.15, -0.1) is 0 Å². The Morgan fingerprint density at radius 3 is 2.65 bits per heavy atom. The summed E-state index contributed by atoms with van der Waals surface area (Å²) in [6.07, 6.45) is 1.88. The number of anilines is 2. The van der Waals surface area contributed by atoms with E-state index in [1.165, 1.54) is 0 Å². The number of hydrogen-bond donors (Lipinski definition) is 1. The molecule has 0 amide bonds. The van der Waals surface area contributed by atoms with E-state index in [0.29, 0.717) is 18.6 Å². The van der Waals surface area contributed by atoms with Gasteiger partial charge in [0, 0.05) is 52.0 Å². The first-order chi connectivity index (χ1) is 11.0. The minimum absolute atomic E-state index is 0.246. The highest BCUT2D eigenvalue weighted by molar-refractivity contribution is 5.48. The molecule has 0 aliphatic carbocycles. The Kier molecular flexibility index (Phi) is 4.99. The predicted molar refractivity (Wildman–Crippen MR) is 92.2 cm³/mol. The number of hydrogen-bond acceptors (Lipinski definition) is 7. The lowest BCUT2D eigenvalue weighted by Crippen LogP contribution is -2.54. The second-order valence-corrected chi connectivity index (χ2v) is 6.79. The molecule has 0 radical (unpaired) electrons.